The Balaban J connectivity index is 2.05. The normalized spacial score (nSPS) is 11.5. The molecule has 0 amide bonds. The minimum absolute atomic E-state index is 0.575. The minimum atomic E-state index is -4.34. The van der Waals surface area contributed by atoms with E-state index < -0.39 is 11.7 Å². The lowest BCUT2D eigenvalue weighted by Crippen LogP contribution is -2.04. The number of benzene rings is 2. The Morgan fingerprint density at radius 2 is 1.33 bits per heavy atom. The number of aromatic nitrogens is 2. The highest BCUT2D eigenvalue weighted by Crippen LogP contribution is 2.31. The number of alkyl halides is 3. The first-order valence-electron chi connectivity index (χ1n) is 7.13. The molecule has 3 rings (SSSR count). The van der Waals surface area contributed by atoms with Gasteiger partial charge in [0.05, 0.1) is 17.0 Å². The summed E-state index contributed by atoms with van der Waals surface area (Å²) in [5, 5.41) is 0.575. The zero-order chi connectivity index (χ0) is 17.2. The Morgan fingerprint density at radius 1 is 0.792 bits per heavy atom. The van der Waals surface area contributed by atoms with Crippen LogP contribution in [0.3, 0.4) is 0 Å². The van der Waals surface area contributed by atoms with Gasteiger partial charge >= 0.3 is 6.18 Å². The summed E-state index contributed by atoms with van der Waals surface area (Å²) in [7, 11) is 0. The van der Waals surface area contributed by atoms with Gasteiger partial charge in [-0.2, -0.15) is 13.2 Å². The number of rotatable bonds is 3. The number of hydrogen-bond donors (Lipinski definition) is 0. The molecule has 0 atom stereocenters. The highest BCUT2D eigenvalue weighted by molar-refractivity contribution is 7.98. The Morgan fingerprint density at radius 3 is 1.83 bits per heavy atom. The van der Waals surface area contributed by atoms with Gasteiger partial charge in [-0.25, -0.2) is 9.97 Å². The largest absolute Gasteiger partial charge is 0.416 e. The fraction of sp³-hybridized carbons (Fsp3) is 0.111. The quantitative estimate of drug-likeness (QED) is 0.459. The molecule has 0 aliphatic rings. The lowest BCUT2D eigenvalue weighted by molar-refractivity contribution is -0.137. The van der Waals surface area contributed by atoms with Crippen LogP contribution in [-0.2, 0) is 6.18 Å². The van der Waals surface area contributed by atoms with E-state index in [0.717, 1.165) is 23.4 Å². The summed E-state index contributed by atoms with van der Waals surface area (Å²) < 4.78 is 38.1. The first-order chi connectivity index (χ1) is 11.5. The summed E-state index contributed by atoms with van der Waals surface area (Å²) in [5.74, 6) is 0. The van der Waals surface area contributed by atoms with Gasteiger partial charge in [0.25, 0.3) is 0 Å². The van der Waals surface area contributed by atoms with E-state index in [2.05, 4.69) is 9.97 Å². The predicted molar refractivity (Wildman–Crippen MR) is 89.7 cm³/mol. The first kappa shape index (κ1) is 16.5. The van der Waals surface area contributed by atoms with E-state index in [0.29, 0.717) is 16.4 Å². The van der Waals surface area contributed by atoms with E-state index in [4.69, 9.17) is 0 Å². The molecule has 0 fully saturated rings. The number of hydrogen-bond acceptors (Lipinski definition) is 3. The van der Waals surface area contributed by atoms with Crippen LogP contribution in [0.4, 0.5) is 13.2 Å². The van der Waals surface area contributed by atoms with Crippen LogP contribution in [0.1, 0.15) is 5.56 Å². The Labute approximate surface area is 141 Å². The summed E-state index contributed by atoms with van der Waals surface area (Å²) in [6.45, 7) is 0. The third-order valence-corrected chi connectivity index (χ3v) is 4.01. The average Bonchev–Trinajstić information content (AvgIpc) is 2.61. The lowest BCUT2D eigenvalue weighted by atomic mass is 10.1. The molecule has 24 heavy (non-hydrogen) atoms. The van der Waals surface area contributed by atoms with Gasteiger partial charge in [0.15, 0.2) is 5.16 Å². The van der Waals surface area contributed by atoms with Crippen LogP contribution in [0.25, 0.3) is 22.5 Å². The van der Waals surface area contributed by atoms with Gasteiger partial charge in [0.2, 0.25) is 0 Å². The summed E-state index contributed by atoms with van der Waals surface area (Å²) >= 11 is 1.39. The third-order valence-electron chi connectivity index (χ3n) is 3.47. The second kappa shape index (κ2) is 6.65. The minimum Gasteiger partial charge on any atom is -0.222 e. The van der Waals surface area contributed by atoms with Crippen molar-refractivity contribution in [1.29, 1.82) is 0 Å². The third kappa shape index (κ3) is 3.59. The maximum Gasteiger partial charge on any atom is 0.416 e. The molecule has 0 spiro atoms. The van der Waals surface area contributed by atoms with Crippen LogP contribution in [-0.4, -0.2) is 16.2 Å². The molecule has 0 bridgehead atoms. The lowest BCUT2D eigenvalue weighted by Gasteiger charge is -2.09. The second-order valence-electron chi connectivity index (χ2n) is 5.07. The molecule has 1 heterocycles. The Bertz CT molecular complexity index is 831. The van der Waals surface area contributed by atoms with Crippen molar-refractivity contribution in [3.63, 3.8) is 0 Å². The van der Waals surface area contributed by atoms with Crippen LogP contribution >= 0.6 is 11.8 Å². The van der Waals surface area contributed by atoms with E-state index in [9.17, 15) is 13.2 Å². The Hall–Kier alpha value is -2.34. The zero-order valence-electron chi connectivity index (χ0n) is 12.7. The van der Waals surface area contributed by atoms with E-state index in [-0.39, 0.29) is 0 Å². The van der Waals surface area contributed by atoms with Gasteiger partial charge < -0.3 is 0 Å². The number of halogens is 3. The number of nitrogens with zero attached hydrogens (tertiary/aromatic N) is 2. The molecule has 2 nitrogen and oxygen atoms in total. The highest BCUT2D eigenvalue weighted by atomic mass is 32.2. The summed E-state index contributed by atoms with van der Waals surface area (Å²) in [6, 6.07) is 16.4. The van der Waals surface area contributed by atoms with Gasteiger partial charge in [-0.05, 0) is 24.5 Å². The van der Waals surface area contributed by atoms with Crippen molar-refractivity contribution in [2.75, 3.05) is 6.26 Å². The van der Waals surface area contributed by atoms with E-state index in [1.54, 1.807) is 6.07 Å². The van der Waals surface area contributed by atoms with Crippen molar-refractivity contribution < 1.29 is 13.2 Å². The van der Waals surface area contributed by atoms with Gasteiger partial charge in [0, 0.05) is 11.1 Å². The fourth-order valence-electron chi connectivity index (χ4n) is 2.25. The van der Waals surface area contributed by atoms with E-state index in [1.165, 1.54) is 23.9 Å². The zero-order valence-corrected chi connectivity index (χ0v) is 13.5. The molecule has 0 unspecified atom stereocenters. The highest BCUT2D eigenvalue weighted by Gasteiger charge is 2.30. The topological polar surface area (TPSA) is 25.8 Å². The molecule has 1 aromatic heterocycles. The molecule has 6 heteroatoms. The molecule has 0 N–H and O–H groups in total. The van der Waals surface area contributed by atoms with Gasteiger partial charge in [0.1, 0.15) is 0 Å². The maximum atomic E-state index is 12.7. The van der Waals surface area contributed by atoms with Crippen LogP contribution in [0.2, 0.25) is 0 Å². The predicted octanol–water partition coefficient (Wildman–Crippen LogP) is 5.55. The Kier molecular flexibility index (Phi) is 4.57. The molecule has 0 saturated carbocycles. The van der Waals surface area contributed by atoms with Gasteiger partial charge in [-0.1, -0.05) is 54.2 Å². The second-order valence-corrected chi connectivity index (χ2v) is 5.84. The van der Waals surface area contributed by atoms with Crippen molar-refractivity contribution >= 4 is 11.8 Å². The monoisotopic (exact) mass is 346 g/mol. The van der Waals surface area contributed by atoms with Crippen LogP contribution < -0.4 is 0 Å². The molecule has 3 aromatic rings. The number of thioether (sulfide) groups is 1. The van der Waals surface area contributed by atoms with Crippen LogP contribution in [0.15, 0.2) is 65.8 Å². The van der Waals surface area contributed by atoms with Gasteiger partial charge in [-0.15, -0.1) is 0 Å². The standard InChI is InChI=1S/C18H13F3N2S/c1-24-17-22-15(12-5-3-2-4-6-12)11-16(23-17)13-7-9-14(10-8-13)18(19,20)21/h2-11H,1H3. The molecule has 2 aromatic carbocycles. The van der Waals surface area contributed by atoms with Gasteiger partial charge in [-0.3, -0.25) is 0 Å². The molecular formula is C18H13F3N2S. The molecule has 0 saturated heterocycles. The molecule has 0 aliphatic heterocycles. The SMILES string of the molecule is CSc1nc(-c2ccccc2)cc(-c2ccc(C(F)(F)F)cc2)n1. The van der Waals surface area contributed by atoms with E-state index >= 15 is 0 Å². The fourth-order valence-corrected chi connectivity index (χ4v) is 2.63. The van der Waals surface area contributed by atoms with Crippen molar-refractivity contribution in [2.45, 2.75) is 11.3 Å². The van der Waals surface area contributed by atoms with Crippen LogP contribution in [0, 0.1) is 0 Å². The molecule has 122 valence electrons. The molecule has 0 radical (unpaired) electrons. The van der Waals surface area contributed by atoms with Crippen molar-refractivity contribution in [3.05, 3.63) is 66.2 Å². The smallest absolute Gasteiger partial charge is 0.222 e. The summed E-state index contributed by atoms with van der Waals surface area (Å²) in [5.41, 5.74) is 2.22. The van der Waals surface area contributed by atoms with E-state index in [1.807, 2.05) is 36.6 Å². The average molecular weight is 346 g/mol. The first-order valence-corrected chi connectivity index (χ1v) is 8.36. The summed E-state index contributed by atoms with van der Waals surface area (Å²) in [6.07, 6.45) is -2.48. The van der Waals surface area contributed by atoms with Crippen molar-refractivity contribution in [2.24, 2.45) is 0 Å². The molecular weight excluding hydrogens is 333 g/mol. The summed E-state index contributed by atoms with van der Waals surface area (Å²) in [4.78, 5) is 8.89. The van der Waals surface area contributed by atoms with Crippen LogP contribution in [0.5, 0.6) is 0 Å². The molecule has 0 aliphatic carbocycles. The van der Waals surface area contributed by atoms with Crippen molar-refractivity contribution in [1.82, 2.24) is 9.97 Å². The van der Waals surface area contributed by atoms with Crippen molar-refractivity contribution in [3.8, 4) is 22.5 Å². The maximum absolute atomic E-state index is 12.7.